The molecule has 0 amide bonds. The van der Waals surface area contributed by atoms with Gasteiger partial charge in [0.15, 0.2) is 0 Å². The first-order valence-electron chi connectivity index (χ1n) is 5.78. The van der Waals surface area contributed by atoms with E-state index in [4.69, 9.17) is 4.74 Å². The monoisotopic (exact) mass is 248 g/mol. The molecule has 1 heterocycles. The number of hydrogen-bond acceptors (Lipinski definition) is 6. The quantitative estimate of drug-likeness (QED) is 0.796. The standard InChI is InChI=1S/C12H16N4O2/c1-3-18-12(17)11-13-15(2)14-16(11)9-10-7-5-4-6-8-10/h4-8,14H,3,9H2,1-2H3. The molecule has 0 bridgehead atoms. The van der Waals surface area contributed by atoms with Crippen LogP contribution in [0.3, 0.4) is 0 Å². The summed E-state index contributed by atoms with van der Waals surface area (Å²) in [7, 11) is 1.73. The summed E-state index contributed by atoms with van der Waals surface area (Å²) in [5, 5.41) is 7.22. The van der Waals surface area contributed by atoms with Crippen molar-refractivity contribution in [2.45, 2.75) is 13.5 Å². The van der Waals surface area contributed by atoms with Crippen molar-refractivity contribution >= 4 is 11.8 Å². The van der Waals surface area contributed by atoms with E-state index in [2.05, 4.69) is 10.6 Å². The lowest BCUT2D eigenvalue weighted by molar-refractivity contribution is -0.135. The number of nitrogens with zero attached hydrogens (tertiary/aromatic N) is 3. The van der Waals surface area contributed by atoms with Crippen LogP contribution in [0.25, 0.3) is 0 Å². The van der Waals surface area contributed by atoms with Crippen molar-refractivity contribution in [2.24, 2.45) is 5.10 Å². The van der Waals surface area contributed by atoms with E-state index in [-0.39, 0.29) is 5.84 Å². The molecule has 96 valence electrons. The van der Waals surface area contributed by atoms with Crippen molar-refractivity contribution in [1.82, 2.24) is 15.7 Å². The number of esters is 1. The molecule has 1 aliphatic rings. The van der Waals surface area contributed by atoms with Crippen LogP contribution in [0.1, 0.15) is 12.5 Å². The molecule has 0 radical (unpaired) electrons. The van der Waals surface area contributed by atoms with Crippen molar-refractivity contribution in [3.63, 3.8) is 0 Å². The van der Waals surface area contributed by atoms with Gasteiger partial charge in [0, 0.05) is 7.05 Å². The fraction of sp³-hybridized carbons (Fsp3) is 0.333. The maximum atomic E-state index is 11.7. The van der Waals surface area contributed by atoms with E-state index < -0.39 is 5.97 Å². The molecule has 6 nitrogen and oxygen atoms in total. The van der Waals surface area contributed by atoms with E-state index in [0.717, 1.165) is 5.56 Å². The number of benzene rings is 1. The van der Waals surface area contributed by atoms with Crippen LogP contribution in [-0.4, -0.2) is 35.6 Å². The van der Waals surface area contributed by atoms with E-state index in [9.17, 15) is 4.79 Å². The van der Waals surface area contributed by atoms with Crippen molar-refractivity contribution in [3.05, 3.63) is 35.9 Å². The molecule has 0 atom stereocenters. The summed E-state index contributed by atoms with van der Waals surface area (Å²) in [4.78, 5) is 11.7. The third-order valence-electron chi connectivity index (χ3n) is 2.41. The Kier molecular flexibility index (Phi) is 3.78. The van der Waals surface area contributed by atoms with E-state index in [1.807, 2.05) is 30.3 Å². The zero-order valence-corrected chi connectivity index (χ0v) is 10.5. The Balaban J connectivity index is 2.08. The zero-order chi connectivity index (χ0) is 13.0. The third-order valence-corrected chi connectivity index (χ3v) is 2.41. The van der Waals surface area contributed by atoms with Gasteiger partial charge in [-0.05, 0) is 12.5 Å². The Labute approximate surface area is 106 Å². The van der Waals surface area contributed by atoms with Crippen LogP contribution >= 0.6 is 0 Å². The predicted molar refractivity (Wildman–Crippen MR) is 67.0 cm³/mol. The van der Waals surface area contributed by atoms with Crippen LogP contribution in [0.2, 0.25) is 0 Å². The lowest BCUT2D eigenvalue weighted by Crippen LogP contribution is -2.43. The van der Waals surface area contributed by atoms with Crippen LogP contribution in [0.5, 0.6) is 0 Å². The molecule has 1 aliphatic heterocycles. The van der Waals surface area contributed by atoms with Crippen molar-refractivity contribution in [1.29, 1.82) is 0 Å². The molecule has 2 rings (SSSR count). The van der Waals surface area contributed by atoms with Gasteiger partial charge in [0.25, 0.3) is 5.84 Å². The first-order chi connectivity index (χ1) is 8.70. The molecule has 1 aromatic rings. The first-order valence-corrected chi connectivity index (χ1v) is 5.78. The number of carbonyl (C=O) groups excluding carboxylic acids is 1. The summed E-state index contributed by atoms with van der Waals surface area (Å²) in [5.41, 5.74) is 4.03. The lowest BCUT2D eigenvalue weighted by atomic mass is 10.2. The van der Waals surface area contributed by atoms with Crippen LogP contribution in [-0.2, 0) is 16.1 Å². The lowest BCUT2D eigenvalue weighted by Gasteiger charge is -2.19. The van der Waals surface area contributed by atoms with E-state index >= 15 is 0 Å². The summed E-state index contributed by atoms with van der Waals surface area (Å²) in [6.45, 7) is 2.65. The number of rotatable bonds is 4. The summed E-state index contributed by atoms with van der Waals surface area (Å²) in [6.07, 6.45) is 0. The van der Waals surface area contributed by atoms with Gasteiger partial charge < -0.3 is 4.74 Å². The summed E-state index contributed by atoms with van der Waals surface area (Å²) < 4.78 is 4.96. The molecule has 0 saturated carbocycles. The molecule has 18 heavy (non-hydrogen) atoms. The SMILES string of the molecule is CCOC(=O)C1=NN(C)NN1Cc1ccccc1. The van der Waals surface area contributed by atoms with Gasteiger partial charge in [-0.2, -0.15) is 0 Å². The highest BCUT2D eigenvalue weighted by atomic mass is 16.5. The minimum absolute atomic E-state index is 0.267. The van der Waals surface area contributed by atoms with Gasteiger partial charge in [-0.25, -0.2) is 9.91 Å². The summed E-state index contributed by atoms with van der Waals surface area (Å²) in [6, 6.07) is 9.84. The van der Waals surface area contributed by atoms with E-state index in [0.29, 0.717) is 13.2 Å². The molecule has 0 spiro atoms. The Bertz CT molecular complexity index is 447. The molecule has 0 fully saturated rings. The Hall–Kier alpha value is -2.08. The third kappa shape index (κ3) is 2.78. The minimum Gasteiger partial charge on any atom is -0.460 e. The summed E-state index contributed by atoms with van der Waals surface area (Å²) in [5.74, 6) is -0.159. The molecule has 0 unspecified atom stereocenters. The van der Waals surface area contributed by atoms with Gasteiger partial charge in [0.05, 0.1) is 13.2 Å². The highest BCUT2D eigenvalue weighted by molar-refractivity contribution is 6.35. The fourth-order valence-corrected chi connectivity index (χ4v) is 1.66. The largest absolute Gasteiger partial charge is 0.460 e. The minimum atomic E-state index is -0.426. The van der Waals surface area contributed by atoms with Crippen molar-refractivity contribution in [2.75, 3.05) is 13.7 Å². The molecule has 6 heteroatoms. The van der Waals surface area contributed by atoms with Crippen molar-refractivity contribution < 1.29 is 9.53 Å². The van der Waals surface area contributed by atoms with E-state index in [1.165, 1.54) is 5.12 Å². The number of hydrazone groups is 1. The summed E-state index contributed by atoms with van der Waals surface area (Å²) >= 11 is 0. The molecule has 1 aromatic carbocycles. The van der Waals surface area contributed by atoms with Crippen LogP contribution < -0.4 is 5.53 Å². The van der Waals surface area contributed by atoms with E-state index in [1.54, 1.807) is 19.0 Å². The Morgan fingerprint density at radius 2 is 2.11 bits per heavy atom. The van der Waals surface area contributed by atoms with Crippen LogP contribution in [0.15, 0.2) is 35.4 Å². The second kappa shape index (κ2) is 5.50. The number of amidine groups is 1. The Morgan fingerprint density at radius 1 is 1.39 bits per heavy atom. The zero-order valence-electron chi connectivity index (χ0n) is 10.5. The maximum Gasteiger partial charge on any atom is 0.377 e. The second-order valence-electron chi connectivity index (χ2n) is 3.84. The van der Waals surface area contributed by atoms with Gasteiger partial charge in [0.2, 0.25) is 0 Å². The highest BCUT2D eigenvalue weighted by Gasteiger charge is 2.27. The van der Waals surface area contributed by atoms with Gasteiger partial charge in [-0.15, -0.1) is 10.6 Å². The maximum absolute atomic E-state index is 11.7. The van der Waals surface area contributed by atoms with Crippen LogP contribution in [0.4, 0.5) is 0 Å². The van der Waals surface area contributed by atoms with Gasteiger partial charge >= 0.3 is 5.97 Å². The number of hydrazine groups is 2. The molecule has 1 N–H and O–H groups in total. The number of hydrogen-bond donors (Lipinski definition) is 1. The molecule has 0 aliphatic carbocycles. The van der Waals surface area contributed by atoms with Gasteiger partial charge in [-0.3, -0.25) is 5.01 Å². The molecule has 0 aromatic heterocycles. The van der Waals surface area contributed by atoms with Gasteiger partial charge in [0.1, 0.15) is 0 Å². The normalized spacial score (nSPS) is 14.7. The first kappa shape index (κ1) is 12.4. The molecule has 0 saturated heterocycles. The topological polar surface area (TPSA) is 57.2 Å². The van der Waals surface area contributed by atoms with Gasteiger partial charge in [-0.1, -0.05) is 30.3 Å². The average Bonchev–Trinajstić information content (AvgIpc) is 2.72. The smallest absolute Gasteiger partial charge is 0.377 e. The highest BCUT2D eigenvalue weighted by Crippen LogP contribution is 2.08. The predicted octanol–water partition coefficient (Wildman–Crippen LogP) is 0.730. The number of carbonyl (C=O) groups is 1. The number of ether oxygens (including phenoxy) is 1. The fourth-order valence-electron chi connectivity index (χ4n) is 1.66. The molecular weight excluding hydrogens is 232 g/mol. The van der Waals surface area contributed by atoms with Crippen LogP contribution in [0, 0.1) is 0 Å². The molecular formula is C12H16N4O2. The average molecular weight is 248 g/mol. The Morgan fingerprint density at radius 3 is 2.78 bits per heavy atom. The number of nitrogens with one attached hydrogen (secondary N) is 1. The van der Waals surface area contributed by atoms with Crippen molar-refractivity contribution in [3.8, 4) is 0 Å². The second-order valence-corrected chi connectivity index (χ2v) is 3.84.